The molecule has 2 heterocycles. The molecule has 0 amide bonds. The molecule has 0 spiro atoms. The summed E-state index contributed by atoms with van der Waals surface area (Å²) >= 11 is 0. The Hall–Kier alpha value is -0.610. The third-order valence-corrected chi connectivity index (χ3v) is 3.04. The fourth-order valence-electron chi connectivity index (χ4n) is 2.07. The summed E-state index contributed by atoms with van der Waals surface area (Å²) in [5.74, 6) is 1.46. The summed E-state index contributed by atoms with van der Waals surface area (Å²) in [6, 6.07) is 0. The molecule has 2 aliphatic rings. The smallest absolute Gasteiger partial charge is 0.214 e. The van der Waals surface area contributed by atoms with E-state index >= 15 is 0 Å². The van der Waals surface area contributed by atoms with E-state index in [0.29, 0.717) is 5.92 Å². The zero-order valence-corrected chi connectivity index (χ0v) is 8.99. The number of aliphatic imine (C=N–C) groups is 1. The third-order valence-electron chi connectivity index (χ3n) is 3.04. The number of piperidine rings is 1. The monoisotopic (exact) mass is 197 g/mol. The zero-order chi connectivity index (χ0) is 9.97. The molecule has 2 rings (SSSR count). The van der Waals surface area contributed by atoms with Gasteiger partial charge in [-0.3, -0.25) is 0 Å². The second-order valence-corrected chi connectivity index (χ2v) is 4.07. The van der Waals surface area contributed by atoms with Gasteiger partial charge in [0.1, 0.15) is 6.17 Å². The summed E-state index contributed by atoms with van der Waals surface area (Å²) in [5, 5.41) is 0. The Morgan fingerprint density at radius 2 is 2.21 bits per heavy atom. The van der Waals surface area contributed by atoms with E-state index in [9.17, 15) is 0 Å². The molecule has 0 aromatic heterocycles. The Labute approximate surface area is 85.3 Å². The van der Waals surface area contributed by atoms with E-state index in [1.54, 1.807) is 0 Å². The Kier molecular flexibility index (Phi) is 3.03. The van der Waals surface area contributed by atoms with Gasteiger partial charge in [-0.2, -0.15) is 0 Å². The fraction of sp³-hybridized carbons (Fsp3) is 0.900. The van der Waals surface area contributed by atoms with Crippen molar-refractivity contribution in [3.8, 4) is 0 Å². The first-order valence-corrected chi connectivity index (χ1v) is 5.52. The molecule has 14 heavy (non-hydrogen) atoms. The lowest BCUT2D eigenvalue weighted by atomic mass is 9.97. The summed E-state index contributed by atoms with van der Waals surface area (Å²) in [6.07, 6.45) is 2.50. The number of rotatable bonds is 2. The first-order chi connectivity index (χ1) is 6.79. The molecule has 80 valence electrons. The van der Waals surface area contributed by atoms with E-state index in [0.717, 1.165) is 12.4 Å². The molecule has 0 aromatic rings. The van der Waals surface area contributed by atoms with Gasteiger partial charge < -0.3 is 9.74 Å². The molecule has 1 unspecified atom stereocenters. The van der Waals surface area contributed by atoms with Gasteiger partial charge in [0.15, 0.2) is 0 Å². The van der Waals surface area contributed by atoms with E-state index in [1.165, 1.54) is 25.9 Å². The second kappa shape index (κ2) is 4.28. The van der Waals surface area contributed by atoms with Crippen molar-refractivity contribution in [3.05, 3.63) is 0 Å². The van der Waals surface area contributed by atoms with Crippen LogP contribution in [0.5, 0.6) is 0 Å². The zero-order valence-electron chi connectivity index (χ0n) is 8.99. The van der Waals surface area contributed by atoms with Crippen molar-refractivity contribution in [2.24, 2.45) is 10.9 Å². The van der Waals surface area contributed by atoms with E-state index in [1.807, 2.05) is 6.92 Å². The molecule has 0 saturated carbocycles. The third kappa shape index (κ3) is 2.07. The molecule has 0 aromatic carbocycles. The lowest BCUT2D eigenvalue weighted by Crippen LogP contribution is -2.36. The highest BCUT2D eigenvalue weighted by molar-refractivity contribution is 5.79. The second-order valence-electron chi connectivity index (χ2n) is 4.07. The molecular weight excluding hydrogens is 178 g/mol. The summed E-state index contributed by atoms with van der Waals surface area (Å²) in [4.78, 5) is 12.3. The van der Waals surface area contributed by atoms with Crippen molar-refractivity contribution in [2.45, 2.75) is 32.9 Å². The van der Waals surface area contributed by atoms with Crippen LogP contribution in [-0.2, 0) is 4.84 Å². The van der Waals surface area contributed by atoms with Crippen LogP contribution in [0.1, 0.15) is 26.7 Å². The average Bonchev–Trinajstić information content (AvgIpc) is 2.65. The van der Waals surface area contributed by atoms with Gasteiger partial charge in [-0.25, -0.2) is 4.99 Å². The highest BCUT2D eigenvalue weighted by Gasteiger charge is 2.27. The van der Waals surface area contributed by atoms with Crippen LogP contribution in [0.25, 0.3) is 0 Å². The van der Waals surface area contributed by atoms with Crippen LogP contribution in [-0.4, -0.2) is 36.6 Å². The molecule has 0 bridgehead atoms. The topological polar surface area (TPSA) is 36.9 Å². The maximum atomic E-state index is 5.36. The largest absolute Gasteiger partial charge is 0.391 e. The van der Waals surface area contributed by atoms with Crippen LogP contribution in [0.4, 0.5) is 0 Å². The van der Waals surface area contributed by atoms with E-state index in [2.05, 4.69) is 22.3 Å². The molecule has 1 N–H and O–H groups in total. The van der Waals surface area contributed by atoms with Crippen LogP contribution in [0, 0.1) is 5.92 Å². The molecule has 0 radical (unpaired) electrons. The molecule has 2 aliphatic heterocycles. The predicted octanol–water partition coefficient (Wildman–Crippen LogP) is 0.998. The van der Waals surface area contributed by atoms with Gasteiger partial charge in [0.05, 0.1) is 0 Å². The van der Waals surface area contributed by atoms with Gasteiger partial charge >= 0.3 is 0 Å². The number of likely N-dealkylation sites (tertiary alicyclic amines) is 1. The summed E-state index contributed by atoms with van der Waals surface area (Å²) in [6.45, 7) is 7.74. The SMILES string of the molecule is CCN1CCC(C2=NC(C)NO2)CC1. The Bertz CT molecular complexity index is 221. The summed E-state index contributed by atoms with van der Waals surface area (Å²) in [7, 11) is 0. The highest BCUT2D eigenvalue weighted by Crippen LogP contribution is 2.20. The first kappa shape index (κ1) is 9.93. The fourth-order valence-corrected chi connectivity index (χ4v) is 2.07. The first-order valence-electron chi connectivity index (χ1n) is 5.52. The number of nitrogens with one attached hydrogen (secondary N) is 1. The van der Waals surface area contributed by atoms with Crippen molar-refractivity contribution < 1.29 is 4.84 Å². The van der Waals surface area contributed by atoms with E-state index in [4.69, 9.17) is 4.84 Å². The summed E-state index contributed by atoms with van der Waals surface area (Å²) < 4.78 is 0. The summed E-state index contributed by atoms with van der Waals surface area (Å²) in [5.41, 5.74) is 2.87. The minimum absolute atomic E-state index is 0.134. The minimum atomic E-state index is 0.134. The molecule has 1 saturated heterocycles. The standard InChI is InChI=1S/C10H19N3O/c1-3-13-6-4-9(5-7-13)10-11-8(2)12-14-10/h8-9,12H,3-7H2,1-2H3. The minimum Gasteiger partial charge on any atom is -0.391 e. The average molecular weight is 197 g/mol. The van der Waals surface area contributed by atoms with Crippen LogP contribution in [0.15, 0.2) is 4.99 Å². The lowest BCUT2D eigenvalue weighted by molar-refractivity contribution is 0.154. The number of hydroxylamine groups is 1. The van der Waals surface area contributed by atoms with Gasteiger partial charge in [0.25, 0.3) is 0 Å². The van der Waals surface area contributed by atoms with Crippen molar-refractivity contribution in [1.29, 1.82) is 0 Å². The van der Waals surface area contributed by atoms with Gasteiger partial charge in [0, 0.05) is 5.92 Å². The van der Waals surface area contributed by atoms with Gasteiger partial charge in [-0.05, 0) is 39.4 Å². The van der Waals surface area contributed by atoms with Gasteiger partial charge in [-0.15, -0.1) is 5.48 Å². The predicted molar refractivity (Wildman–Crippen MR) is 56.0 cm³/mol. The van der Waals surface area contributed by atoms with Crippen LogP contribution < -0.4 is 5.48 Å². The van der Waals surface area contributed by atoms with Crippen molar-refractivity contribution in [2.75, 3.05) is 19.6 Å². The van der Waals surface area contributed by atoms with E-state index in [-0.39, 0.29) is 6.17 Å². The molecule has 0 aliphatic carbocycles. The van der Waals surface area contributed by atoms with Crippen molar-refractivity contribution >= 4 is 5.90 Å². The maximum Gasteiger partial charge on any atom is 0.214 e. The van der Waals surface area contributed by atoms with E-state index < -0.39 is 0 Å². The van der Waals surface area contributed by atoms with Crippen molar-refractivity contribution in [3.63, 3.8) is 0 Å². The van der Waals surface area contributed by atoms with Crippen LogP contribution >= 0.6 is 0 Å². The van der Waals surface area contributed by atoms with Crippen molar-refractivity contribution in [1.82, 2.24) is 10.4 Å². The Morgan fingerprint density at radius 3 is 2.71 bits per heavy atom. The number of nitrogens with zero attached hydrogens (tertiary/aromatic N) is 2. The molecular formula is C10H19N3O. The Morgan fingerprint density at radius 1 is 1.50 bits per heavy atom. The number of hydrogen-bond acceptors (Lipinski definition) is 4. The molecule has 4 heteroatoms. The lowest BCUT2D eigenvalue weighted by Gasteiger charge is -2.29. The molecule has 1 atom stereocenters. The molecule has 1 fully saturated rings. The quantitative estimate of drug-likeness (QED) is 0.717. The number of hydrogen-bond donors (Lipinski definition) is 1. The Balaban J connectivity index is 1.86. The van der Waals surface area contributed by atoms with Crippen LogP contribution in [0.3, 0.4) is 0 Å². The molecule has 4 nitrogen and oxygen atoms in total. The normalized spacial score (nSPS) is 30.1. The van der Waals surface area contributed by atoms with Gasteiger partial charge in [0.2, 0.25) is 5.90 Å². The van der Waals surface area contributed by atoms with Gasteiger partial charge in [-0.1, -0.05) is 6.92 Å². The maximum absolute atomic E-state index is 5.36. The van der Waals surface area contributed by atoms with Crippen LogP contribution in [0.2, 0.25) is 0 Å². The highest BCUT2D eigenvalue weighted by atomic mass is 16.7.